The first kappa shape index (κ1) is 88.3. The number of primary amides is 2. The lowest BCUT2D eigenvalue weighted by atomic mass is 10.0. The second-order valence-corrected chi connectivity index (χ2v) is 29.5. The van der Waals surface area contributed by atoms with Gasteiger partial charge in [0.05, 0.1) is 31.3 Å². The average Bonchev–Trinajstić information content (AvgIpc) is 1.73. The highest BCUT2D eigenvalue weighted by Gasteiger charge is 2.43. The number of carbonyl (C=O) groups excluding carboxylic acids is 14. The highest BCUT2D eigenvalue weighted by atomic mass is 33.1. The summed E-state index contributed by atoms with van der Waals surface area (Å²) in [7, 11) is 1.61. The largest absolute Gasteiger partial charge is 0.508 e. The predicted octanol–water partition coefficient (Wildman–Crippen LogP) is -7.12. The van der Waals surface area contributed by atoms with Gasteiger partial charge in [0, 0.05) is 73.7 Å². The molecule has 113 heavy (non-hydrogen) atoms. The molecule has 2 saturated heterocycles. The average molecular weight is 1620 g/mol. The van der Waals surface area contributed by atoms with Gasteiger partial charge < -0.3 is 122 Å². The summed E-state index contributed by atoms with van der Waals surface area (Å²) in [4.78, 5) is 231. The van der Waals surface area contributed by atoms with Crippen molar-refractivity contribution in [3.05, 3.63) is 77.7 Å². The van der Waals surface area contributed by atoms with Crippen molar-refractivity contribution in [2.24, 2.45) is 22.9 Å². The van der Waals surface area contributed by atoms with Crippen LogP contribution in [0, 0.1) is 5.41 Å². The van der Waals surface area contributed by atoms with Gasteiger partial charge in [0.1, 0.15) is 78.3 Å². The Balaban J connectivity index is 1.40. The highest BCUT2D eigenvalue weighted by Crippen LogP contribution is 2.26. The summed E-state index contributed by atoms with van der Waals surface area (Å²) in [6, 6.07) is -9.92. The van der Waals surface area contributed by atoms with Crippen LogP contribution < -0.4 is 92.1 Å². The summed E-state index contributed by atoms with van der Waals surface area (Å²) in [5.74, 6) is -19.1. The molecule has 0 saturated carbocycles. The zero-order chi connectivity index (χ0) is 82.6. The van der Waals surface area contributed by atoms with Crippen LogP contribution in [0.5, 0.6) is 5.75 Å². The van der Waals surface area contributed by atoms with Crippen LogP contribution in [0.15, 0.2) is 60.9 Å². The number of hydrogen-bond donors (Lipinski definition) is 23. The lowest BCUT2D eigenvalue weighted by Crippen LogP contribution is -2.62. The lowest BCUT2D eigenvalue weighted by Gasteiger charge is -2.31. The molecule has 5 heterocycles. The number of aliphatic hydroxyl groups is 1. The molecule has 7 rings (SSSR count). The molecule has 0 aliphatic carbocycles. The number of hydrogen-bond acceptors (Lipinski definition) is 24. The normalized spacial score (nSPS) is 23.8. The molecule has 2 aromatic heterocycles. The fraction of sp³-hybridized carbons (Fsp3) is 0.515. The second kappa shape index (κ2) is 43.1. The molecule has 2 fully saturated rings. The number of nitrogens with one attached hydrogen (secondary N) is 15. The van der Waals surface area contributed by atoms with Crippen LogP contribution in [0.4, 0.5) is 4.79 Å². The van der Waals surface area contributed by atoms with Gasteiger partial charge in [0.25, 0.3) is 0 Å². The van der Waals surface area contributed by atoms with Crippen LogP contribution >= 0.6 is 21.6 Å². The number of carboxylic acid groups (broad SMARTS) is 2. The molecule has 13 atom stereocenters. The van der Waals surface area contributed by atoms with Gasteiger partial charge in [0.15, 0.2) is 5.96 Å². The number of rotatable bonds is 23. The zero-order valence-corrected chi connectivity index (χ0v) is 63.0. The molecular formula is C68H95N23O20S2. The van der Waals surface area contributed by atoms with E-state index in [1.807, 2.05) is 0 Å². The summed E-state index contributed by atoms with van der Waals surface area (Å²) >= 11 is 0. The number of carboxylic acids is 2. The number of amides is 15. The van der Waals surface area contributed by atoms with Gasteiger partial charge in [-0.25, -0.2) is 14.3 Å². The fourth-order valence-electron chi connectivity index (χ4n) is 12.4. The number of aliphatic carboxylic acids is 2. The number of para-hydroxylation sites is 1. The van der Waals surface area contributed by atoms with Crippen molar-refractivity contribution < 1.29 is 97.1 Å². The Morgan fingerprint density at radius 1 is 0.681 bits per heavy atom. The predicted molar refractivity (Wildman–Crippen MR) is 403 cm³/mol. The van der Waals surface area contributed by atoms with Crippen molar-refractivity contribution in [1.29, 1.82) is 5.41 Å². The van der Waals surface area contributed by atoms with Gasteiger partial charge in [-0.15, -0.1) is 5.10 Å². The summed E-state index contributed by atoms with van der Waals surface area (Å²) in [5, 5.41) is 90.8. The Morgan fingerprint density at radius 2 is 1.29 bits per heavy atom. The number of nitrogens with zero attached hydrogens (tertiary/aromatic N) is 4. The van der Waals surface area contributed by atoms with E-state index >= 15 is 19.2 Å². The van der Waals surface area contributed by atoms with Crippen molar-refractivity contribution in [3.63, 3.8) is 0 Å². The first-order valence-corrected chi connectivity index (χ1v) is 38.6. The van der Waals surface area contributed by atoms with E-state index in [2.05, 4.69) is 84.4 Å². The maximum Gasteiger partial charge on any atom is 0.326 e. The fourth-order valence-corrected chi connectivity index (χ4v) is 14.8. The SMILES string of the molecule is C[C@@H](O)[C@@H]1NC(=O)[C@@H]2Cn3cc(nn3)CCC[C@H](C(=O)N[C@@H](Cc3ccc(O)cc3)C(=O)O)NC(=O)[C@H](CCC(N)=O)NC(=O)[C@H](Cc3c[nH]c4ccccc34)NC(=O)[C@H](CCCNC(N)=O)NC(=O)[C@H](CSSC[C@H](NC(=O)CN)C(=O)N2)NC(=O)[C@H](CCCNC(=N)N)NC(=O)C2CCCN2C(=O)[C@H](CC(=O)O)NC1=O. The van der Waals surface area contributed by atoms with E-state index in [1.54, 1.807) is 24.3 Å². The Morgan fingerprint density at radius 3 is 1.96 bits per heavy atom. The van der Waals surface area contributed by atoms with Crippen molar-refractivity contribution >= 4 is 133 Å². The molecular weight excluding hydrogens is 1520 g/mol. The van der Waals surface area contributed by atoms with Crippen LogP contribution in [0.3, 0.4) is 0 Å². The van der Waals surface area contributed by atoms with Gasteiger partial charge in [-0.3, -0.25) is 72.5 Å². The second-order valence-electron chi connectivity index (χ2n) is 27.0. The third-order valence-electron chi connectivity index (χ3n) is 18.3. The molecule has 614 valence electrons. The molecule has 43 nitrogen and oxygen atoms in total. The molecule has 3 aliphatic heterocycles. The number of aryl methyl sites for hydroxylation is 1. The molecule has 0 radical (unpaired) electrons. The van der Waals surface area contributed by atoms with E-state index < -0.39 is 223 Å². The minimum absolute atomic E-state index is 0.0267. The molecule has 27 N–H and O–H groups in total. The van der Waals surface area contributed by atoms with Crippen molar-refractivity contribution in [2.45, 2.75) is 182 Å². The van der Waals surface area contributed by atoms with Crippen molar-refractivity contribution in [2.75, 3.05) is 37.7 Å². The standard InChI is InChI=1S/C68H95N23O20S2/c1-33(92)54-64(107)83-45(26-53(96)97)65(108)91-23-7-14-50(91)63(106)81-42(12-5-21-74-67(71)72)57(100)86-49-32-113-112-31-48(77-52(95)27-69)61(104)85-47(60(103)87-54)30-90-29-36(88-89-90)8-4-11-40(56(99)84-46(66(109)110)24-34-15-17-37(93)18-16-34)78-58(101)43(19-20-51(70)94)80-59(102)44(25-35-28-76-39-10-3-2-9-38(35)39)82-55(98)41(79-62(49)105)13-6-22-75-68(73)111/h2-3,9-10,15-18,28-29,33,40-50,54,76,92-93H,4-8,11-14,19-27,30-32,69H2,1H3,(H2,70,94)(H,77,95)(H,78,101)(H,79,105)(H,80,102)(H,81,106)(H,82,98)(H,83,107)(H,84,99)(H,85,104)(H,86,100)(H,87,103)(H,96,97)(H,109,110)(H4,71,72,74)(H3,73,75,111)/t33-,40-,41+,42+,43+,44+,45+,46+,47+,48+,49+,50?,54+/m1/s1. The number of aromatic amines is 1. The summed E-state index contributed by atoms with van der Waals surface area (Å²) < 4.78 is 1.05. The van der Waals surface area contributed by atoms with E-state index in [0.717, 1.165) is 38.1 Å². The molecule has 45 heteroatoms. The Kier molecular flexibility index (Phi) is 33.7. The molecule has 1 unspecified atom stereocenters. The third kappa shape index (κ3) is 27.5. The van der Waals surface area contributed by atoms with E-state index in [0.29, 0.717) is 22.0 Å². The van der Waals surface area contributed by atoms with Crippen molar-refractivity contribution in [3.8, 4) is 5.75 Å². The van der Waals surface area contributed by atoms with Crippen molar-refractivity contribution in [1.82, 2.24) is 94.0 Å². The smallest absolute Gasteiger partial charge is 0.326 e. The van der Waals surface area contributed by atoms with E-state index in [9.17, 15) is 78.0 Å². The lowest BCUT2D eigenvalue weighted by molar-refractivity contribution is -0.146. The number of aromatic nitrogens is 4. The summed E-state index contributed by atoms with van der Waals surface area (Å²) in [6.45, 7) is -0.821. The maximum absolute atomic E-state index is 15.3. The van der Waals surface area contributed by atoms with Crippen LogP contribution in [0.25, 0.3) is 10.9 Å². The zero-order valence-electron chi connectivity index (χ0n) is 61.4. The quantitative estimate of drug-likeness (QED) is 0.0142. The van der Waals surface area contributed by atoms with Gasteiger partial charge in [-0.2, -0.15) is 0 Å². The number of aromatic hydroxyl groups is 1. The summed E-state index contributed by atoms with van der Waals surface area (Å²) in [6.07, 6.45) is -3.42. The van der Waals surface area contributed by atoms with Gasteiger partial charge >= 0.3 is 18.0 Å². The molecule has 2 aromatic carbocycles. The number of urea groups is 1. The van der Waals surface area contributed by atoms with Crippen LogP contribution in [-0.2, 0) is 97.7 Å². The summed E-state index contributed by atoms with van der Waals surface area (Å²) in [5.41, 5.74) is 23.7. The number of H-pyrrole nitrogens is 1. The number of aliphatic hydroxyl groups excluding tert-OH is 1. The topological polar surface area (TPSA) is 688 Å². The monoisotopic (exact) mass is 1620 g/mol. The van der Waals surface area contributed by atoms with E-state index in [-0.39, 0.29) is 102 Å². The minimum atomic E-state index is -2.06. The Labute approximate surface area is 653 Å². The first-order valence-electron chi connectivity index (χ1n) is 36.1. The number of phenols is 1. The number of benzene rings is 2. The van der Waals surface area contributed by atoms with Crippen LogP contribution in [-0.4, -0.2) is 262 Å². The Hall–Kier alpha value is -11.9. The third-order valence-corrected chi connectivity index (χ3v) is 20.7. The van der Waals surface area contributed by atoms with Gasteiger partial charge in [0.2, 0.25) is 76.8 Å². The first-order chi connectivity index (χ1) is 53.8. The van der Waals surface area contributed by atoms with Crippen LogP contribution in [0.1, 0.15) is 94.4 Å². The van der Waals surface area contributed by atoms with E-state index in [4.69, 9.17) is 28.3 Å². The highest BCUT2D eigenvalue weighted by molar-refractivity contribution is 8.76. The maximum atomic E-state index is 15.3. The molecule has 15 amide bonds. The number of phenolic OH excluding ortho intramolecular Hbond substituents is 1. The van der Waals surface area contributed by atoms with Gasteiger partial charge in [-0.1, -0.05) is 57.1 Å². The number of guanidine groups is 1. The number of carbonyl (C=O) groups is 16. The number of fused-ring (bicyclic) bond motifs is 12. The van der Waals surface area contributed by atoms with Gasteiger partial charge in [-0.05, 0) is 100 Å². The minimum Gasteiger partial charge on any atom is -0.508 e. The molecule has 0 spiro atoms. The van der Waals surface area contributed by atoms with E-state index in [1.165, 1.54) is 36.7 Å². The molecule has 4 bridgehead atoms. The van der Waals surface area contributed by atoms with Crippen LogP contribution in [0.2, 0.25) is 0 Å². The molecule has 4 aromatic rings. The number of nitrogens with two attached hydrogens (primary N) is 4. The Bertz CT molecular complexity index is 4130. The molecule has 3 aliphatic rings.